The number of anilines is 2. The van der Waals surface area contributed by atoms with E-state index < -0.39 is 24.2 Å². The Labute approximate surface area is 183 Å². The third-order valence-corrected chi connectivity index (χ3v) is 5.57. The molecule has 1 aromatic heterocycles. The summed E-state index contributed by atoms with van der Waals surface area (Å²) < 4.78 is 47.6. The molecule has 32 heavy (non-hydrogen) atoms. The molecule has 0 aliphatic carbocycles. The zero-order chi connectivity index (χ0) is 23.0. The van der Waals surface area contributed by atoms with Crippen LogP contribution in [0.1, 0.15) is 45.7 Å². The fraction of sp³-hybridized carbons (Fsp3) is 0.304. The lowest BCUT2D eigenvalue weighted by atomic mass is 9.97. The molecule has 6 nitrogen and oxygen atoms in total. The van der Waals surface area contributed by atoms with Crippen LogP contribution in [0.3, 0.4) is 0 Å². The van der Waals surface area contributed by atoms with Crippen molar-refractivity contribution in [3.05, 3.63) is 70.9 Å². The average molecular weight is 444 g/mol. The van der Waals surface area contributed by atoms with Gasteiger partial charge in [0.2, 0.25) is 0 Å². The summed E-state index contributed by atoms with van der Waals surface area (Å²) in [6, 6.07) is 11.3. The summed E-state index contributed by atoms with van der Waals surface area (Å²) in [6.45, 7) is 3.78. The van der Waals surface area contributed by atoms with Crippen molar-refractivity contribution in [2.45, 2.75) is 38.5 Å². The molecule has 0 saturated heterocycles. The van der Waals surface area contributed by atoms with Gasteiger partial charge in [-0.1, -0.05) is 29.8 Å². The lowest BCUT2D eigenvalue weighted by molar-refractivity contribution is -0.173. The summed E-state index contributed by atoms with van der Waals surface area (Å²) in [5.74, 6) is 0.195. The van der Waals surface area contributed by atoms with Crippen molar-refractivity contribution in [3.8, 4) is 5.75 Å². The minimum absolute atomic E-state index is 0.0860. The fourth-order valence-corrected chi connectivity index (χ4v) is 3.88. The number of halogens is 3. The predicted octanol–water partition coefficient (Wildman–Crippen LogP) is 5.42. The fourth-order valence-electron chi connectivity index (χ4n) is 3.88. The summed E-state index contributed by atoms with van der Waals surface area (Å²) in [4.78, 5) is 12.7. The second-order valence-electron chi connectivity index (χ2n) is 7.90. The van der Waals surface area contributed by atoms with Crippen LogP contribution in [0.4, 0.5) is 24.7 Å². The molecular weight excluding hydrogens is 421 g/mol. The third kappa shape index (κ3) is 4.28. The molecule has 0 unspecified atom stereocenters. The largest absolute Gasteiger partial charge is 0.497 e. The van der Waals surface area contributed by atoms with Crippen molar-refractivity contribution < 1.29 is 22.7 Å². The molecule has 2 N–H and O–H groups in total. The minimum atomic E-state index is -4.52. The van der Waals surface area contributed by atoms with Crippen LogP contribution in [0.15, 0.2) is 48.5 Å². The monoisotopic (exact) mass is 444 g/mol. The lowest BCUT2D eigenvalue weighted by Crippen LogP contribution is -2.35. The zero-order valence-corrected chi connectivity index (χ0v) is 17.8. The van der Waals surface area contributed by atoms with Crippen molar-refractivity contribution in [1.29, 1.82) is 0 Å². The molecule has 0 bridgehead atoms. The Morgan fingerprint density at radius 2 is 1.88 bits per heavy atom. The van der Waals surface area contributed by atoms with Crippen molar-refractivity contribution in [3.63, 3.8) is 0 Å². The van der Waals surface area contributed by atoms with Gasteiger partial charge in [0.15, 0.2) is 11.7 Å². The van der Waals surface area contributed by atoms with Gasteiger partial charge in [0.05, 0.1) is 13.2 Å². The summed E-state index contributed by atoms with van der Waals surface area (Å²) in [5.41, 5.74) is 3.09. The van der Waals surface area contributed by atoms with Gasteiger partial charge in [0, 0.05) is 18.2 Å². The molecule has 1 aliphatic heterocycles. The highest BCUT2D eigenvalue weighted by Crippen LogP contribution is 2.43. The van der Waals surface area contributed by atoms with E-state index in [2.05, 4.69) is 15.7 Å². The van der Waals surface area contributed by atoms with Gasteiger partial charge in [-0.05, 0) is 43.2 Å². The first-order chi connectivity index (χ1) is 15.2. The smallest absolute Gasteiger partial charge is 0.410 e. The number of methoxy groups -OCH3 is 1. The molecular formula is C23H23F3N4O2. The Morgan fingerprint density at radius 1 is 1.16 bits per heavy atom. The van der Waals surface area contributed by atoms with Crippen molar-refractivity contribution in [1.82, 2.24) is 9.78 Å². The van der Waals surface area contributed by atoms with Crippen LogP contribution in [-0.4, -0.2) is 29.0 Å². The molecule has 1 aliphatic rings. The number of ether oxygens (including phenoxy) is 1. The molecule has 3 aromatic rings. The molecule has 2 atom stereocenters. The molecule has 0 spiro atoms. The van der Waals surface area contributed by atoms with Gasteiger partial charge in [-0.3, -0.25) is 4.79 Å². The van der Waals surface area contributed by atoms with E-state index in [9.17, 15) is 18.0 Å². The number of amides is 1. The number of carbonyl (C=O) groups is 1. The molecule has 0 radical (unpaired) electrons. The first kappa shape index (κ1) is 21.7. The van der Waals surface area contributed by atoms with Gasteiger partial charge in [0.1, 0.15) is 11.6 Å². The Kier molecular flexibility index (Phi) is 5.58. The molecule has 1 amide bonds. The summed E-state index contributed by atoms with van der Waals surface area (Å²) in [7, 11) is 1.52. The standard InChI is InChI=1S/C23H23F3N4O2/c1-13-4-9-17(14(2)10-13)28-22(31)19-12-21-27-18(15-5-7-16(32-3)8-6-15)11-20(23(24,25)26)30(21)29-19/h4-10,12,18,20,27H,11H2,1-3H3,(H,28,31)/t18-,20+/m0/s1. The van der Waals surface area contributed by atoms with E-state index in [4.69, 9.17) is 4.74 Å². The lowest BCUT2D eigenvalue weighted by Gasteiger charge is -2.33. The van der Waals surface area contributed by atoms with Gasteiger partial charge in [0.25, 0.3) is 5.91 Å². The molecule has 2 aromatic carbocycles. The maximum Gasteiger partial charge on any atom is 0.410 e. The molecule has 2 heterocycles. The summed E-state index contributed by atoms with van der Waals surface area (Å²) >= 11 is 0. The molecule has 4 rings (SSSR count). The topological polar surface area (TPSA) is 68.2 Å². The van der Waals surface area contributed by atoms with E-state index in [-0.39, 0.29) is 17.9 Å². The number of rotatable bonds is 4. The van der Waals surface area contributed by atoms with Crippen LogP contribution in [0.25, 0.3) is 0 Å². The van der Waals surface area contributed by atoms with Crippen LogP contribution in [0, 0.1) is 13.8 Å². The Balaban J connectivity index is 1.63. The number of fused-ring (bicyclic) bond motifs is 1. The molecule has 9 heteroatoms. The van der Waals surface area contributed by atoms with Crippen molar-refractivity contribution in [2.24, 2.45) is 0 Å². The van der Waals surface area contributed by atoms with E-state index in [1.54, 1.807) is 30.3 Å². The third-order valence-electron chi connectivity index (χ3n) is 5.57. The van der Waals surface area contributed by atoms with Crippen molar-refractivity contribution in [2.75, 3.05) is 17.7 Å². The van der Waals surface area contributed by atoms with Gasteiger partial charge >= 0.3 is 6.18 Å². The first-order valence-corrected chi connectivity index (χ1v) is 10.1. The van der Waals surface area contributed by atoms with Crippen LogP contribution < -0.4 is 15.4 Å². The van der Waals surface area contributed by atoms with Gasteiger partial charge in [-0.15, -0.1) is 0 Å². The van der Waals surface area contributed by atoms with E-state index >= 15 is 0 Å². The minimum Gasteiger partial charge on any atom is -0.497 e. The second-order valence-corrected chi connectivity index (χ2v) is 7.90. The number of hydrogen-bond donors (Lipinski definition) is 2. The number of aromatic nitrogens is 2. The predicted molar refractivity (Wildman–Crippen MR) is 115 cm³/mol. The van der Waals surface area contributed by atoms with E-state index in [1.807, 2.05) is 26.0 Å². The number of nitrogens with zero attached hydrogens (tertiary/aromatic N) is 2. The maximum atomic E-state index is 13.9. The molecule has 0 saturated carbocycles. The second kappa shape index (κ2) is 8.22. The average Bonchev–Trinajstić information content (AvgIpc) is 3.18. The van der Waals surface area contributed by atoms with Crippen LogP contribution in [-0.2, 0) is 0 Å². The van der Waals surface area contributed by atoms with Gasteiger partial charge < -0.3 is 15.4 Å². The van der Waals surface area contributed by atoms with Crippen LogP contribution in [0.2, 0.25) is 0 Å². The zero-order valence-electron chi connectivity index (χ0n) is 17.8. The maximum absolute atomic E-state index is 13.9. The number of aryl methyl sites for hydroxylation is 2. The number of benzene rings is 2. The summed E-state index contributed by atoms with van der Waals surface area (Å²) in [5, 5.41) is 9.82. The van der Waals surface area contributed by atoms with Gasteiger partial charge in [-0.2, -0.15) is 18.3 Å². The number of carbonyl (C=O) groups excluding carboxylic acids is 1. The van der Waals surface area contributed by atoms with E-state index in [1.165, 1.54) is 13.2 Å². The number of alkyl halides is 3. The van der Waals surface area contributed by atoms with Gasteiger partial charge in [-0.25, -0.2) is 4.68 Å². The highest BCUT2D eigenvalue weighted by atomic mass is 19.4. The number of nitrogens with one attached hydrogen (secondary N) is 2. The van der Waals surface area contributed by atoms with E-state index in [0.29, 0.717) is 17.0 Å². The quantitative estimate of drug-likeness (QED) is 0.564. The first-order valence-electron chi connectivity index (χ1n) is 10.1. The Morgan fingerprint density at radius 3 is 2.50 bits per heavy atom. The Hall–Kier alpha value is -3.49. The highest BCUT2D eigenvalue weighted by molar-refractivity contribution is 6.03. The molecule has 0 fully saturated rings. The van der Waals surface area contributed by atoms with E-state index in [0.717, 1.165) is 15.8 Å². The van der Waals surface area contributed by atoms with Crippen LogP contribution >= 0.6 is 0 Å². The Bertz CT molecular complexity index is 1140. The van der Waals surface area contributed by atoms with Crippen LogP contribution in [0.5, 0.6) is 5.75 Å². The normalized spacial score (nSPS) is 17.9. The SMILES string of the molecule is COc1ccc([C@@H]2C[C@H](C(F)(F)F)n3nc(C(=O)Nc4ccc(C)cc4C)cc3N2)cc1. The molecule has 168 valence electrons. The summed E-state index contributed by atoms with van der Waals surface area (Å²) in [6.07, 6.45) is -4.77. The van der Waals surface area contributed by atoms with Crippen molar-refractivity contribution >= 4 is 17.4 Å². The number of hydrogen-bond acceptors (Lipinski definition) is 4. The highest BCUT2D eigenvalue weighted by Gasteiger charge is 2.46.